The number of hydrogen-bond acceptors (Lipinski definition) is 3. The summed E-state index contributed by atoms with van der Waals surface area (Å²) >= 11 is 0. The number of ketones is 1. The Labute approximate surface area is 111 Å². The Balaban J connectivity index is 2.81. The van der Waals surface area contributed by atoms with E-state index >= 15 is 0 Å². The van der Waals surface area contributed by atoms with E-state index in [1.54, 1.807) is 32.0 Å². The van der Waals surface area contributed by atoms with Crippen LogP contribution in [0.1, 0.15) is 29.8 Å². The van der Waals surface area contributed by atoms with Crippen LogP contribution < -0.4 is 0 Å². The standard InChI is InChI=1S/C13H12N2O3S/c1-8(2)19(17,18)12-7-11(15-14)13(16)10-6-4-3-5-9(10)12/h3-8H,1-2H3. The van der Waals surface area contributed by atoms with Gasteiger partial charge in [0.25, 0.3) is 5.78 Å². The average Bonchev–Trinajstić information content (AvgIpc) is 2.39. The molecule has 0 N–H and O–H groups in total. The molecule has 0 bridgehead atoms. The van der Waals surface area contributed by atoms with Gasteiger partial charge >= 0.3 is 5.71 Å². The molecule has 19 heavy (non-hydrogen) atoms. The molecule has 0 radical (unpaired) electrons. The smallest absolute Gasteiger partial charge is 0.361 e. The summed E-state index contributed by atoms with van der Waals surface area (Å²) in [5.41, 5.74) is 9.16. The Morgan fingerprint density at radius 1 is 1.16 bits per heavy atom. The molecule has 1 aliphatic carbocycles. The fourth-order valence-corrected chi connectivity index (χ4v) is 3.13. The number of nitrogens with zero attached hydrogens (tertiary/aromatic N) is 2. The van der Waals surface area contributed by atoms with Crippen molar-refractivity contribution in [2.75, 3.05) is 0 Å². The molecule has 0 saturated heterocycles. The first-order valence-corrected chi connectivity index (χ1v) is 7.26. The summed E-state index contributed by atoms with van der Waals surface area (Å²) in [4.78, 5) is 14.9. The van der Waals surface area contributed by atoms with E-state index in [-0.39, 0.29) is 16.2 Å². The van der Waals surface area contributed by atoms with Crippen LogP contribution in [0.4, 0.5) is 0 Å². The van der Waals surface area contributed by atoms with Gasteiger partial charge in [0.1, 0.15) is 0 Å². The van der Waals surface area contributed by atoms with Crippen molar-refractivity contribution in [2.24, 2.45) is 0 Å². The first-order chi connectivity index (χ1) is 8.89. The van der Waals surface area contributed by atoms with Gasteiger partial charge in [-0.25, -0.2) is 8.42 Å². The van der Waals surface area contributed by atoms with Gasteiger partial charge in [-0.05, 0) is 13.8 Å². The Kier molecular flexibility index (Phi) is 3.22. The Morgan fingerprint density at radius 2 is 1.74 bits per heavy atom. The Morgan fingerprint density at radius 3 is 2.26 bits per heavy atom. The van der Waals surface area contributed by atoms with Gasteiger partial charge in [-0.1, -0.05) is 24.3 Å². The molecule has 1 aromatic carbocycles. The molecule has 5 nitrogen and oxygen atoms in total. The van der Waals surface area contributed by atoms with Crippen LogP contribution in [0.25, 0.3) is 10.4 Å². The number of hydrogen-bond donors (Lipinski definition) is 0. The van der Waals surface area contributed by atoms with Gasteiger partial charge in [0.15, 0.2) is 9.84 Å². The van der Waals surface area contributed by atoms with E-state index in [1.165, 1.54) is 6.07 Å². The molecule has 0 atom stereocenters. The molecular formula is C13H12N2O3S. The molecule has 0 heterocycles. The van der Waals surface area contributed by atoms with Crippen LogP contribution >= 0.6 is 0 Å². The summed E-state index contributed by atoms with van der Waals surface area (Å²) in [6.45, 7) is 3.12. The Bertz CT molecular complexity index is 739. The fraction of sp³-hybridized carbons (Fsp3) is 0.231. The summed E-state index contributed by atoms with van der Waals surface area (Å²) in [7, 11) is -3.56. The second-order valence-electron chi connectivity index (χ2n) is 4.46. The summed E-state index contributed by atoms with van der Waals surface area (Å²) in [5.74, 6) is -0.485. The summed E-state index contributed by atoms with van der Waals surface area (Å²) in [6.07, 6.45) is 1.12. The highest BCUT2D eigenvalue weighted by atomic mass is 32.2. The lowest BCUT2D eigenvalue weighted by atomic mass is 9.95. The van der Waals surface area contributed by atoms with Gasteiger partial charge in [0.2, 0.25) is 0 Å². The normalized spacial score (nSPS) is 15.0. The van der Waals surface area contributed by atoms with Crippen molar-refractivity contribution < 1.29 is 18.0 Å². The summed E-state index contributed by atoms with van der Waals surface area (Å²) in [5, 5.41) is -0.625. The first kappa shape index (κ1) is 13.4. The molecular weight excluding hydrogens is 264 g/mol. The average molecular weight is 276 g/mol. The van der Waals surface area contributed by atoms with Crippen LogP contribution in [0.5, 0.6) is 0 Å². The largest absolute Gasteiger partial charge is 0.364 e. The molecule has 0 saturated carbocycles. The van der Waals surface area contributed by atoms with Crippen molar-refractivity contribution in [2.45, 2.75) is 19.1 Å². The second kappa shape index (κ2) is 4.57. The third-order valence-corrected chi connectivity index (χ3v) is 5.16. The topological polar surface area (TPSA) is 87.6 Å². The lowest BCUT2D eigenvalue weighted by Crippen LogP contribution is -2.25. The fourth-order valence-electron chi connectivity index (χ4n) is 1.87. The molecule has 1 aliphatic rings. The maximum absolute atomic E-state index is 12.3. The highest BCUT2D eigenvalue weighted by Crippen LogP contribution is 2.31. The first-order valence-electron chi connectivity index (χ1n) is 5.71. The van der Waals surface area contributed by atoms with Crippen molar-refractivity contribution in [3.63, 3.8) is 0 Å². The molecule has 0 fully saturated rings. The minimum atomic E-state index is -3.56. The zero-order chi connectivity index (χ0) is 14.2. The molecule has 0 unspecified atom stereocenters. The van der Waals surface area contributed by atoms with E-state index < -0.39 is 20.9 Å². The lowest BCUT2D eigenvalue weighted by Gasteiger charge is -2.16. The van der Waals surface area contributed by atoms with Crippen LogP contribution in [0.3, 0.4) is 0 Å². The highest BCUT2D eigenvalue weighted by molar-refractivity contribution is 8.01. The highest BCUT2D eigenvalue weighted by Gasteiger charge is 2.35. The molecule has 6 heteroatoms. The molecule has 98 valence electrons. The summed E-state index contributed by atoms with van der Waals surface area (Å²) < 4.78 is 24.6. The van der Waals surface area contributed by atoms with Gasteiger partial charge in [-0.2, -0.15) is 4.79 Å². The van der Waals surface area contributed by atoms with Gasteiger partial charge < -0.3 is 5.53 Å². The predicted octanol–water partition coefficient (Wildman–Crippen LogP) is 1.72. The zero-order valence-corrected chi connectivity index (χ0v) is 11.3. The number of sulfone groups is 1. The molecule has 0 aromatic heterocycles. The van der Waals surface area contributed by atoms with E-state index in [1.807, 2.05) is 0 Å². The van der Waals surface area contributed by atoms with Crippen molar-refractivity contribution in [1.82, 2.24) is 0 Å². The van der Waals surface area contributed by atoms with Crippen molar-refractivity contribution in [1.29, 1.82) is 0 Å². The minimum absolute atomic E-state index is 0.0190. The minimum Gasteiger partial charge on any atom is -0.361 e. The van der Waals surface area contributed by atoms with E-state index in [9.17, 15) is 13.2 Å². The number of allylic oxidation sites excluding steroid dienone is 1. The number of rotatable bonds is 2. The van der Waals surface area contributed by atoms with Crippen LogP contribution in [-0.2, 0) is 9.84 Å². The van der Waals surface area contributed by atoms with Crippen molar-refractivity contribution in [3.05, 3.63) is 47.0 Å². The van der Waals surface area contributed by atoms with Gasteiger partial charge in [-0.15, -0.1) is 0 Å². The SMILES string of the molecule is CC(C)S(=O)(=O)C1=CC(=[N+]=[N-])C(=O)c2ccccc21. The van der Waals surface area contributed by atoms with E-state index in [2.05, 4.69) is 4.79 Å². The Hall–Kier alpha value is -2.04. The van der Waals surface area contributed by atoms with Gasteiger partial charge in [-0.3, -0.25) is 4.79 Å². The van der Waals surface area contributed by atoms with Crippen molar-refractivity contribution in [3.8, 4) is 0 Å². The predicted molar refractivity (Wildman–Crippen MR) is 71.4 cm³/mol. The van der Waals surface area contributed by atoms with Crippen LogP contribution in [-0.4, -0.2) is 30.0 Å². The van der Waals surface area contributed by atoms with Gasteiger partial charge in [0.05, 0.1) is 16.2 Å². The lowest BCUT2D eigenvalue weighted by molar-refractivity contribution is -0.00437. The third kappa shape index (κ3) is 2.05. The molecule has 0 amide bonds. The molecule has 0 spiro atoms. The van der Waals surface area contributed by atoms with E-state index in [0.29, 0.717) is 5.56 Å². The monoisotopic (exact) mass is 276 g/mol. The number of fused-ring (bicyclic) bond motifs is 1. The number of carbonyl (C=O) groups excluding carboxylic acids is 1. The number of benzene rings is 1. The quantitative estimate of drug-likeness (QED) is 0.608. The number of carbonyl (C=O) groups is 1. The maximum Gasteiger partial charge on any atom is 0.364 e. The molecule has 1 aromatic rings. The molecule has 0 aliphatic heterocycles. The van der Waals surface area contributed by atoms with Crippen LogP contribution in [0, 0.1) is 0 Å². The van der Waals surface area contributed by atoms with Crippen LogP contribution in [0.2, 0.25) is 0 Å². The second-order valence-corrected chi connectivity index (χ2v) is 6.93. The van der Waals surface area contributed by atoms with E-state index in [0.717, 1.165) is 6.08 Å². The van der Waals surface area contributed by atoms with Crippen LogP contribution in [0.15, 0.2) is 30.3 Å². The number of Topliss-reactive ketones (excluding diaryl/α,β-unsaturated/α-hetero) is 1. The van der Waals surface area contributed by atoms with Gasteiger partial charge in [0, 0.05) is 11.1 Å². The van der Waals surface area contributed by atoms with E-state index in [4.69, 9.17) is 5.53 Å². The molecule has 2 rings (SSSR count). The summed E-state index contributed by atoms with van der Waals surface area (Å²) in [6, 6.07) is 6.40. The van der Waals surface area contributed by atoms with Crippen molar-refractivity contribution >= 4 is 26.2 Å². The third-order valence-electron chi connectivity index (χ3n) is 2.97. The maximum atomic E-state index is 12.3. The zero-order valence-electron chi connectivity index (χ0n) is 10.5.